The zero-order chi connectivity index (χ0) is 14.9. The molecule has 3 nitrogen and oxygen atoms in total. The Morgan fingerprint density at radius 3 is 2.67 bits per heavy atom. The van der Waals surface area contributed by atoms with Crippen LogP contribution in [0.2, 0.25) is 0 Å². The molecule has 0 fully saturated rings. The molecule has 3 heteroatoms. The average molecular weight is 283 g/mol. The van der Waals surface area contributed by atoms with Crippen LogP contribution in [-0.2, 0) is 11.2 Å². The average Bonchev–Trinajstić information content (AvgIpc) is 2.91. The van der Waals surface area contributed by atoms with Crippen LogP contribution < -0.4 is 5.32 Å². The molecular weight excluding hydrogens is 262 g/mol. The van der Waals surface area contributed by atoms with E-state index in [2.05, 4.69) is 29.6 Å². The van der Waals surface area contributed by atoms with E-state index in [1.54, 1.807) is 6.08 Å². The highest BCUT2D eigenvalue weighted by atomic mass is 16.3. The fourth-order valence-electron chi connectivity index (χ4n) is 2.07. The third-order valence-corrected chi connectivity index (χ3v) is 3.19. The van der Waals surface area contributed by atoms with Gasteiger partial charge in [0.15, 0.2) is 0 Å². The first-order chi connectivity index (χ1) is 10.2. The molecule has 1 amide bonds. The largest absolute Gasteiger partial charge is 0.462 e. The molecule has 0 aliphatic carbocycles. The van der Waals surface area contributed by atoms with Crippen molar-refractivity contribution >= 4 is 12.0 Å². The van der Waals surface area contributed by atoms with Crippen molar-refractivity contribution in [2.24, 2.45) is 0 Å². The van der Waals surface area contributed by atoms with Gasteiger partial charge in [0.25, 0.3) is 0 Å². The molecule has 0 bridgehead atoms. The Hall–Kier alpha value is -2.29. The number of aryl methyl sites for hydroxylation is 2. The van der Waals surface area contributed by atoms with Gasteiger partial charge in [-0.1, -0.05) is 30.3 Å². The van der Waals surface area contributed by atoms with Crippen LogP contribution in [0.15, 0.2) is 53.0 Å². The summed E-state index contributed by atoms with van der Waals surface area (Å²) >= 11 is 0. The number of rotatable bonds is 7. The van der Waals surface area contributed by atoms with Gasteiger partial charge in [-0.2, -0.15) is 0 Å². The molecule has 0 saturated carbocycles. The van der Waals surface area contributed by atoms with Crippen LogP contribution in [0.1, 0.15) is 29.9 Å². The minimum Gasteiger partial charge on any atom is -0.462 e. The Balaban J connectivity index is 1.60. The highest BCUT2D eigenvalue weighted by molar-refractivity contribution is 5.91. The minimum atomic E-state index is -0.0798. The molecular formula is C18H21NO2. The summed E-state index contributed by atoms with van der Waals surface area (Å²) in [5.74, 6) is 1.46. The smallest absolute Gasteiger partial charge is 0.244 e. The number of unbranched alkanes of at least 4 members (excludes halogenated alkanes) is 1. The molecule has 1 N–H and O–H groups in total. The summed E-state index contributed by atoms with van der Waals surface area (Å²) < 4.78 is 5.36. The molecule has 0 aliphatic heterocycles. The Labute approximate surface area is 125 Å². The topological polar surface area (TPSA) is 42.2 Å². The maximum absolute atomic E-state index is 11.6. The van der Waals surface area contributed by atoms with Crippen molar-refractivity contribution in [3.05, 3.63) is 65.6 Å². The highest BCUT2D eigenvalue weighted by Crippen LogP contribution is 2.07. The number of hydrogen-bond donors (Lipinski definition) is 1. The van der Waals surface area contributed by atoms with Gasteiger partial charge in [0.2, 0.25) is 5.91 Å². The number of hydrogen-bond acceptors (Lipinski definition) is 2. The Morgan fingerprint density at radius 2 is 1.95 bits per heavy atom. The molecule has 2 aromatic rings. The van der Waals surface area contributed by atoms with E-state index >= 15 is 0 Å². The standard InChI is InChI=1S/C18H21NO2/c1-15-10-11-17(21-15)12-13-18(20)19-14-6-5-9-16-7-3-2-4-8-16/h2-4,7-8,10-13H,5-6,9,14H2,1H3,(H,19,20). The van der Waals surface area contributed by atoms with Gasteiger partial charge in [-0.15, -0.1) is 0 Å². The van der Waals surface area contributed by atoms with Crippen LogP contribution in [0.3, 0.4) is 0 Å². The van der Waals surface area contributed by atoms with Crippen molar-refractivity contribution in [2.75, 3.05) is 6.54 Å². The van der Waals surface area contributed by atoms with Crippen LogP contribution in [0, 0.1) is 6.92 Å². The lowest BCUT2D eigenvalue weighted by molar-refractivity contribution is -0.116. The summed E-state index contributed by atoms with van der Waals surface area (Å²) in [6.07, 6.45) is 6.31. The van der Waals surface area contributed by atoms with Gasteiger partial charge in [0, 0.05) is 12.6 Å². The highest BCUT2D eigenvalue weighted by Gasteiger charge is 1.97. The first-order valence-corrected chi connectivity index (χ1v) is 7.30. The first kappa shape index (κ1) is 15.1. The zero-order valence-corrected chi connectivity index (χ0v) is 12.3. The second-order valence-electron chi connectivity index (χ2n) is 5.02. The van der Waals surface area contributed by atoms with E-state index in [1.807, 2.05) is 25.1 Å². The number of amides is 1. The van der Waals surface area contributed by atoms with Gasteiger partial charge >= 0.3 is 0 Å². The number of nitrogens with one attached hydrogen (secondary N) is 1. The van der Waals surface area contributed by atoms with E-state index in [-0.39, 0.29) is 5.91 Å². The molecule has 0 radical (unpaired) electrons. The lowest BCUT2D eigenvalue weighted by Gasteiger charge is -2.02. The van der Waals surface area contributed by atoms with E-state index in [0.29, 0.717) is 12.3 Å². The van der Waals surface area contributed by atoms with Crippen LogP contribution in [0.5, 0.6) is 0 Å². The predicted molar refractivity (Wildman–Crippen MR) is 84.9 cm³/mol. The molecule has 0 saturated heterocycles. The second kappa shape index (κ2) is 8.10. The summed E-state index contributed by atoms with van der Waals surface area (Å²) in [5, 5.41) is 2.88. The van der Waals surface area contributed by atoms with E-state index in [4.69, 9.17) is 4.42 Å². The zero-order valence-electron chi connectivity index (χ0n) is 12.3. The van der Waals surface area contributed by atoms with Gasteiger partial charge in [-0.3, -0.25) is 4.79 Å². The van der Waals surface area contributed by atoms with Crippen LogP contribution in [0.25, 0.3) is 6.08 Å². The summed E-state index contributed by atoms with van der Waals surface area (Å²) in [6.45, 7) is 2.58. The summed E-state index contributed by atoms with van der Waals surface area (Å²) in [6, 6.07) is 14.1. The monoisotopic (exact) mass is 283 g/mol. The fourth-order valence-corrected chi connectivity index (χ4v) is 2.07. The normalized spacial score (nSPS) is 10.9. The third kappa shape index (κ3) is 5.69. The molecule has 0 aliphatic rings. The van der Waals surface area contributed by atoms with Crippen molar-refractivity contribution in [2.45, 2.75) is 26.2 Å². The van der Waals surface area contributed by atoms with Crippen molar-refractivity contribution in [1.29, 1.82) is 0 Å². The van der Waals surface area contributed by atoms with Crippen LogP contribution >= 0.6 is 0 Å². The van der Waals surface area contributed by atoms with Crippen LogP contribution in [-0.4, -0.2) is 12.5 Å². The van der Waals surface area contributed by atoms with Crippen molar-refractivity contribution in [3.8, 4) is 0 Å². The van der Waals surface area contributed by atoms with Gasteiger partial charge in [0.1, 0.15) is 11.5 Å². The quantitative estimate of drug-likeness (QED) is 0.621. The number of furan rings is 1. The molecule has 0 unspecified atom stereocenters. The molecule has 0 atom stereocenters. The SMILES string of the molecule is Cc1ccc(C=CC(=O)NCCCCc2ccccc2)o1. The second-order valence-corrected chi connectivity index (χ2v) is 5.02. The van der Waals surface area contributed by atoms with Gasteiger partial charge < -0.3 is 9.73 Å². The van der Waals surface area contributed by atoms with E-state index in [1.165, 1.54) is 11.6 Å². The van der Waals surface area contributed by atoms with E-state index in [0.717, 1.165) is 25.0 Å². The lowest BCUT2D eigenvalue weighted by atomic mass is 10.1. The molecule has 21 heavy (non-hydrogen) atoms. The van der Waals surface area contributed by atoms with Crippen molar-refractivity contribution in [3.63, 3.8) is 0 Å². The van der Waals surface area contributed by atoms with Gasteiger partial charge in [0.05, 0.1) is 0 Å². The molecule has 1 aromatic carbocycles. The summed E-state index contributed by atoms with van der Waals surface area (Å²) in [4.78, 5) is 11.6. The van der Waals surface area contributed by atoms with Gasteiger partial charge in [-0.25, -0.2) is 0 Å². The number of benzene rings is 1. The van der Waals surface area contributed by atoms with Gasteiger partial charge in [-0.05, 0) is 50.0 Å². The first-order valence-electron chi connectivity index (χ1n) is 7.30. The molecule has 2 rings (SSSR count). The molecule has 110 valence electrons. The Kier molecular flexibility index (Phi) is 5.83. The van der Waals surface area contributed by atoms with Crippen LogP contribution in [0.4, 0.5) is 0 Å². The number of carbonyl (C=O) groups is 1. The molecule has 1 aromatic heterocycles. The molecule has 0 spiro atoms. The maximum atomic E-state index is 11.6. The molecule has 1 heterocycles. The predicted octanol–water partition coefficient (Wildman–Crippen LogP) is 3.74. The summed E-state index contributed by atoms with van der Waals surface area (Å²) in [5.41, 5.74) is 1.34. The summed E-state index contributed by atoms with van der Waals surface area (Å²) in [7, 11) is 0. The van der Waals surface area contributed by atoms with Crippen molar-refractivity contribution < 1.29 is 9.21 Å². The Bertz CT molecular complexity index is 584. The van der Waals surface area contributed by atoms with E-state index < -0.39 is 0 Å². The third-order valence-electron chi connectivity index (χ3n) is 3.19. The van der Waals surface area contributed by atoms with E-state index in [9.17, 15) is 4.79 Å². The maximum Gasteiger partial charge on any atom is 0.244 e. The fraction of sp³-hybridized carbons (Fsp3) is 0.278. The minimum absolute atomic E-state index is 0.0798. The number of carbonyl (C=O) groups excluding carboxylic acids is 1. The van der Waals surface area contributed by atoms with Crippen molar-refractivity contribution in [1.82, 2.24) is 5.32 Å². The lowest BCUT2D eigenvalue weighted by Crippen LogP contribution is -2.22. The Morgan fingerprint density at radius 1 is 1.14 bits per heavy atom.